The Morgan fingerprint density at radius 3 is 1.04 bits per heavy atom. The van der Waals surface area contributed by atoms with Crippen LogP contribution in [0.4, 0.5) is 0 Å². The first-order chi connectivity index (χ1) is 11.9. The number of fused-ring (bicyclic) bond motifs is 2. The SMILES string of the molecule is c1ccc2c(c1)OB(c1ccccc1B1Oc3ccccc3O1)O2. The molecule has 3 aromatic carbocycles. The van der Waals surface area contributed by atoms with Gasteiger partial charge in [0.1, 0.15) is 23.0 Å². The van der Waals surface area contributed by atoms with Gasteiger partial charge in [-0.25, -0.2) is 0 Å². The van der Waals surface area contributed by atoms with Crippen LogP contribution in [0.1, 0.15) is 0 Å². The highest BCUT2D eigenvalue weighted by Gasteiger charge is 2.42. The average molecular weight is 314 g/mol. The van der Waals surface area contributed by atoms with Gasteiger partial charge in [-0.2, -0.15) is 0 Å². The molecule has 0 aliphatic carbocycles. The van der Waals surface area contributed by atoms with Crippen molar-refractivity contribution in [1.82, 2.24) is 0 Å². The van der Waals surface area contributed by atoms with Crippen LogP contribution in [-0.4, -0.2) is 14.2 Å². The molecule has 0 spiro atoms. The Hall–Kier alpha value is -3.01. The smallest absolute Gasteiger partial charge is 0.519 e. The van der Waals surface area contributed by atoms with Gasteiger partial charge < -0.3 is 18.6 Å². The summed E-state index contributed by atoms with van der Waals surface area (Å²) in [7, 11) is -1.01. The van der Waals surface area contributed by atoms with Gasteiger partial charge in [0.15, 0.2) is 0 Å². The molecule has 0 bridgehead atoms. The van der Waals surface area contributed by atoms with Crippen molar-refractivity contribution in [2.45, 2.75) is 0 Å². The standard InChI is InChI=1S/C18H12B2O4/c1-2-8-14(20-23-17-11-5-6-12-18(17)24-20)13(7-1)19-21-15-9-3-4-10-16(15)22-19/h1-12H. The Morgan fingerprint density at radius 2 is 0.708 bits per heavy atom. The Morgan fingerprint density at radius 1 is 0.417 bits per heavy atom. The molecule has 0 radical (unpaired) electrons. The number of rotatable bonds is 2. The van der Waals surface area contributed by atoms with Crippen LogP contribution in [0.3, 0.4) is 0 Å². The summed E-state index contributed by atoms with van der Waals surface area (Å²) in [6, 6.07) is 23.2. The first kappa shape index (κ1) is 13.4. The molecule has 0 saturated heterocycles. The summed E-state index contributed by atoms with van der Waals surface area (Å²) >= 11 is 0. The molecule has 0 N–H and O–H groups in total. The summed E-state index contributed by atoms with van der Waals surface area (Å²) in [6.45, 7) is 0. The highest BCUT2D eigenvalue weighted by atomic mass is 16.6. The lowest BCUT2D eigenvalue weighted by molar-refractivity contribution is 0.512. The van der Waals surface area contributed by atoms with Crippen molar-refractivity contribution in [2.75, 3.05) is 0 Å². The lowest BCUT2D eigenvalue weighted by Gasteiger charge is -2.12. The summed E-state index contributed by atoms with van der Waals surface area (Å²) < 4.78 is 23.7. The third kappa shape index (κ3) is 2.11. The molecule has 3 aromatic rings. The first-order valence-electron chi connectivity index (χ1n) is 7.82. The maximum atomic E-state index is 5.94. The minimum atomic E-state index is -0.505. The van der Waals surface area contributed by atoms with E-state index in [9.17, 15) is 0 Å². The minimum Gasteiger partial charge on any atom is -0.519 e. The Labute approximate surface area is 140 Å². The third-order valence-corrected chi connectivity index (χ3v) is 4.14. The minimum absolute atomic E-state index is 0.505. The Balaban J connectivity index is 1.48. The Bertz CT molecular complexity index is 790. The summed E-state index contributed by atoms with van der Waals surface area (Å²) in [4.78, 5) is 0. The van der Waals surface area contributed by atoms with Gasteiger partial charge in [-0.3, -0.25) is 0 Å². The van der Waals surface area contributed by atoms with Gasteiger partial charge in [-0.15, -0.1) is 0 Å². The third-order valence-electron chi connectivity index (χ3n) is 4.14. The maximum Gasteiger partial charge on any atom is 0.632 e. The average Bonchev–Trinajstić information content (AvgIpc) is 3.25. The van der Waals surface area contributed by atoms with Crippen molar-refractivity contribution in [2.24, 2.45) is 0 Å². The molecular weight excluding hydrogens is 302 g/mol. The summed E-state index contributed by atoms with van der Waals surface area (Å²) in [6.07, 6.45) is 0. The predicted octanol–water partition coefficient (Wildman–Crippen LogP) is 2.02. The number of para-hydroxylation sites is 4. The number of hydrogen-bond donors (Lipinski definition) is 0. The second kappa shape index (κ2) is 5.27. The van der Waals surface area contributed by atoms with Crippen molar-refractivity contribution in [3.8, 4) is 23.0 Å². The van der Waals surface area contributed by atoms with E-state index in [-0.39, 0.29) is 0 Å². The van der Waals surface area contributed by atoms with E-state index in [1.54, 1.807) is 0 Å². The van der Waals surface area contributed by atoms with Crippen molar-refractivity contribution in [3.05, 3.63) is 72.8 Å². The van der Waals surface area contributed by atoms with Gasteiger partial charge in [0, 0.05) is 10.9 Å². The zero-order valence-electron chi connectivity index (χ0n) is 12.7. The van der Waals surface area contributed by atoms with E-state index in [1.807, 2.05) is 72.8 Å². The van der Waals surface area contributed by atoms with Crippen LogP contribution in [0.25, 0.3) is 0 Å². The Kier molecular flexibility index (Phi) is 2.95. The molecule has 0 unspecified atom stereocenters. The molecule has 2 aliphatic rings. The fourth-order valence-electron chi connectivity index (χ4n) is 2.99. The zero-order valence-corrected chi connectivity index (χ0v) is 12.7. The van der Waals surface area contributed by atoms with E-state index in [0.29, 0.717) is 0 Å². The summed E-state index contributed by atoms with van der Waals surface area (Å²) in [5.41, 5.74) is 1.79. The van der Waals surface area contributed by atoms with E-state index in [1.165, 1.54) is 0 Å². The second-order valence-electron chi connectivity index (χ2n) is 5.66. The van der Waals surface area contributed by atoms with E-state index in [4.69, 9.17) is 18.6 Å². The number of hydrogen-bond acceptors (Lipinski definition) is 4. The molecule has 0 atom stereocenters. The molecule has 2 heterocycles. The lowest BCUT2D eigenvalue weighted by atomic mass is 9.65. The first-order valence-corrected chi connectivity index (χ1v) is 7.82. The normalized spacial score (nSPS) is 14.2. The zero-order chi connectivity index (χ0) is 15.9. The molecule has 4 nitrogen and oxygen atoms in total. The van der Waals surface area contributed by atoms with Gasteiger partial charge in [-0.05, 0) is 24.3 Å². The van der Waals surface area contributed by atoms with Gasteiger partial charge in [-0.1, -0.05) is 48.5 Å². The second-order valence-corrected chi connectivity index (χ2v) is 5.66. The van der Waals surface area contributed by atoms with Crippen LogP contribution in [0, 0.1) is 0 Å². The predicted molar refractivity (Wildman–Crippen MR) is 92.6 cm³/mol. The van der Waals surface area contributed by atoms with Crippen LogP contribution in [0.2, 0.25) is 0 Å². The van der Waals surface area contributed by atoms with E-state index < -0.39 is 14.2 Å². The molecule has 5 rings (SSSR count). The molecule has 114 valence electrons. The quantitative estimate of drug-likeness (QED) is 0.678. The van der Waals surface area contributed by atoms with Crippen LogP contribution < -0.4 is 29.5 Å². The monoisotopic (exact) mass is 314 g/mol. The van der Waals surface area contributed by atoms with Crippen LogP contribution in [0.15, 0.2) is 72.8 Å². The van der Waals surface area contributed by atoms with E-state index in [2.05, 4.69) is 0 Å². The molecule has 2 aliphatic heterocycles. The van der Waals surface area contributed by atoms with Gasteiger partial charge in [0.2, 0.25) is 0 Å². The molecule has 0 fully saturated rings. The van der Waals surface area contributed by atoms with Gasteiger partial charge >= 0.3 is 14.2 Å². The topological polar surface area (TPSA) is 36.9 Å². The molecule has 24 heavy (non-hydrogen) atoms. The van der Waals surface area contributed by atoms with E-state index in [0.717, 1.165) is 33.9 Å². The fourth-order valence-corrected chi connectivity index (χ4v) is 2.99. The maximum absolute atomic E-state index is 5.94. The highest BCUT2D eigenvalue weighted by molar-refractivity contribution is 6.75. The van der Waals surface area contributed by atoms with Crippen molar-refractivity contribution < 1.29 is 18.6 Å². The summed E-state index contributed by atoms with van der Waals surface area (Å²) in [5, 5.41) is 0. The number of benzene rings is 3. The van der Waals surface area contributed by atoms with Gasteiger partial charge in [0.25, 0.3) is 0 Å². The van der Waals surface area contributed by atoms with Crippen molar-refractivity contribution in [3.63, 3.8) is 0 Å². The molecular formula is C18H12B2O4. The molecule has 6 heteroatoms. The van der Waals surface area contributed by atoms with Crippen LogP contribution in [-0.2, 0) is 0 Å². The largest absolute Gasteiger partial charge is 0.632 e. The van der Waals surface area contributed by atoms with Gasteiger partial charge in [0.05, 0.1) is 0 Å². The fraction of sp³-hybridized carbons (Fsp3) is 0. The van der Waals surface area contributed by atoms with Crippen molar-refractivity contribution >= 4 is 25.2 Å². The van der Waals surface area contributed by atoms with Crippen LogP contribution in [0.5, 0.6) is 23.0 Å². The highest BCUT2D eigenvalue weighted by Crippen LogP contribution is 2.34. The molecule has 0 aromatic heterocycles. The van der Waals surface area contributed by atoms with Crippen molar-refractivity contribution in [1.29, 1.82) is 0 Å². The van der Waals surface area contributed by atoms with Crippen LogP contribution >= 0.6 is 0 Å². The lowest BCUT2D eigenvalue weighted by Crippen LogP contribution is -2.55. The summed E-state index contributed by atoms with van der Waals surface area (Å²) in [5.74, 6) is 2.98. The van der Waals surface area contributed by atoms with E-state index >= 15 is 0 Å². The molecule has 0 saturated carbocycles. The molecule has 0 amide bonds.